The molecular formula is C18H28N2O4S. The Morgan fingerprint density at radius 3 is 2.64 bits per heavy atom. The van der Waals surface area contributed by atoms with Crippen LogP contribution in [0.15, 0.2) is 29.2 Å². The van der Waals surface area contributed by atoms with E-state index in [1.54, 1.807) is 24.3 Å². The lowest BCUT2D eigenvalue weighted by Gasteiger charge is -2.31. The summed E-state index contributed by atoms with van der Waals surface area (Å²) >= 11 is 0. The second-order valence-corrected chi connectivity index (χ2v) is 8.31. The zero-order valence-corrected chi connectivity index (χ0v) is 15.8. The fourth-order valence-corrected chi connectivity index (χ4v) is 4.53. The van der Waals surface area contributed by atoms with Crippen LogP contribution in [0.1, 0.15) is 39.0 Å². The molecule has 0 saturated carbocycles. The maximum Gasteiger partial charge on any atom is 0.243 e. The van der Waals surface area contributed by atoms with Crippen molar-refractivity contribution in [2.24, 2.45) is 5.92 Å². The number of amides is 1. The Balaban J connectivity index is 2.00. The monoisotopic (exact) mass is 368 g/mol. The smallest absolute Gasteiger partial charge is 0.243 e. The summed E-state index contributed by atoms with van der Waals surface area (Å²) < 4.78 is 32.1. The molecule has 1 aromatic rings. The highest BCUT2D eigenvalue weighted by Gasteiger charge is 2.33. The van der Waals surface area contributed by atoms with E-state index < -0.39 is 10.0 Å². The van der Waals surface area contributed by atoms with Crippen molar-refractivity contribution in [3.63, 3.8) is 0 Å². The minimum absolute atomic E-state index is 0.0364. The Labute approximate surface area is 150 Å². The number of benzene rings is 1. The third kappa shape index (κ3) is 5.19. The van der Waals surface area contributed by atoms with E-state index in [2.05, 4.69) is 12.2 Å². The molecule has 1 unspecified atom stereocenters. The van der Waals surface area contributed by atoms with Gasteiger partial charge in [0.15, 0.2) is 0 Å². The number of sulfonamides is 1. The van der Waals surface area contributed by atoms with E-state index in [-0.39, 0.29) is 23.3 Å². The molecule has 25 heavy (non-hydrogen) atoms. The number of rotatable bonds is 8. The lowest BCUT2D eigenvalue weighted by atomic mass is 9.99. The second kappa shape index (κ2) is 9.20. The van der Waals surface area contributed by atoms with Crippen molar-refractivity contribution in [1.29, 1.82) is 0 Å². The SMILES string of the molecule is CCCCCNC(=O)C1CCCN(S(=O)(=O)c2ccc(OC)cc2)C1. The first-order valence-corrected chi connectivity index (χ1v) is 10.3. The summed E-state index contributed by atoms with van der Waals surface area (Å²) in [5, 5.41) is 2.94. The van der Waals surface area contributed by atoms with Gasteiger partial charge in [0.25, 0.3) is 0 Å². The number of ether oxygens (including phenoxy) is 1. The van der Waals surface area contributed by atoms with E-state index >= 15 is 0 Å². The molecule has 1 aromatic carbocycles. The van der Waals surface area contributed by atoms with Crippen LogP contribution in [0.4, 0.5) is 0 Å². The molecule has 1 heterocycles. The summed E-state index contributed by atoms with van der Waals surface area (Å²) in [6.45, 7) is 3.47. The largest absolute Gasteiger partial charge is 0.497 e. The maximum absolute atomic E-state index is 12.8. The van der Waals surface area contributed by atoms with Gasteiger partial charge in [-0.15, -0.1) is 0 Å². The zero-order valence-electron chi connectivity index (χ0n) is 15.0. The van der Waals surface area contributed by atoms with Crippen LogP contribution < -0.4 is 10.1 Å². The quantitative estimate of drug-likeness (QED) is 0.715. The number of nitrogens with one attached hydrogen (secondary N) is 1. The summed E-state index contributed by atoms with van der Waals surface area (Å²) in [7, 11) is -2.05. The van der Waals surface area contributed by atoms with Gasteiger partial charge in [0, 0.05) is 19.6 Å². The van der Waals surface area contributed by atoms with E-state index in [0.29, 0.717) is 25.3 Å². The predicted octanol–water partition coefficient (Wildman–Crippen LogP) is 2.40. The van der Waals surface area contributed by atoms with Gasteiger partial charge in [-0.2, -0.15) is 4.31 Å². The van der Waals surface area contributed by atoms with Gasteiger partial charge in [-0.05, 0) is 43.5 Å². The van der Waals surface area contributed by atoms with Crippen LogP contribution >= 0.6 is 0 Å². The highest BCUT2D eigenvalue weighted by molar-refractivity contribution is 7.89. The van der Waals surface area contributed by atoms with Crippen molar-refractivity contribution >= 4 is 15.9 Å². The van der Waals surface area contributed by atoms with Crippen LogP contribution in [0.25, 0.3) is 0 Å². The average molecular weight is 368 g/mol. The second-order valence-electron chi connectivity index (χ2n) is 6.38. The van der Waals surface area contributed by atoms with Gasteiger partial charge < -0.3 is 10.1 Å². The van der Waals surface area contributed by atoms with E-state index in [0.717, 1.165) is 25.7 Å². The van der Waals surface area contributed by atoms with Crippen molar-refractivity contribution in [3.8, 4) is 5.75 Å². The Bertz CT molecular complexity index is 658. The zero-order chi connectivity index (χ0) is 18.3. The topological polar surface area (TPSA) is 75.7 Å². The standard InChI is InChI=1S/C18H28N2O4S/c1-3-4-5-12-19-18(21)15-7-6-13-20(14-15)25(22,23)17-10-8-16(24-2)9-11-17/h8-11,15H,3-7,12-14H2,1-2H3,(H,19,21). The third-order valence-electron chi connectivity index (χ3n) is 4.53. The van der Waals surface area contributed by atoms with Gasteiger partial charge in [-0.25, -0.2) is 8.42 Å². The highest BCUT2D eigenvalue weighted by atomic mass is 32.2. The van der Waals surface area contributed by atoms with Crippen LogP contribution in [0.5, 0.6) is 5.75 Å². The van der Waals surface area contributed by atoms with E-state index in [9.17, 15) is 13.2 Å². The molecule has 7 heteroatoms. The Morgan fingerprint density at radius 2 is 2.00 bits per heavy atom. The van der Waals surface area contributed by atoms with Gasteiger partial charge in [-0.3, -0.25) is 4.79 Å². The summed E-state index contributed by atoms with van der Waals surface area (Å²) in [6, 6.07) is 6.36. The lowest BCUT2D eigenvalue weighted by molar-refractivity contribution is -0.126. The van der Waals surface area contributed by atoms with Crippen molar-refractivity contribution in [2.75, 3.05) is 26.7 Å². The van der Waals surface area contributed by atoms with E-state index in [4.69, 9.17) is 4.74 Å². The molecule has 1 amide bonds. The number of carbonyl (C=O) groups is 1. The molecule has 6 nitrogen and oxygen atoms in total. The lowest BCUT2D eigenvalue weighted by Crippen LogP contribution is -2.45. The number of hydrogen-bond donors (Lipinski definition) is 1. The fourth-order valence-electron chi connectivity index (χ4n) is 3.00. The van der Waals surface area contributed by atoms with E-state index in [1.807, 2.05) is 0 Å². The first-order valence-electron chi connectivity index (χ1n) is 8.91. The molecule has 0 radical (unpaired) electrons. The number of carbonyl (C=O) groups excluding carboxylic acids is 1. The van der Waals surface area contributed by atoms with Crippen LogP contribution in [0.3, 0.4) is 0 Å². The minimum atomic E-state index is -3.58. The number of nitrogens with zero attached hydrogens (tertiary/aromatic N) is 1. The first-order chi connectivity index (χ1) is 12.0. The minimum Gasteiger partial charge on any atom is -0.497 e. The Kier molecular flexibility index (Phi) is 7.25. The van der Waals surface area contributed by atoms with Gasteiger partial charge in [-0.1, -0.05) is 19.8 Å². The molecule has 1 aliphatic heterocycles. The van der Waals surface area contributed by atoms with Gasteiger partial charge in [0.05, 0.1) is 17.9 Å². The molecular weight excluding hydrogens is 340 g/mol. The molecule has 1 aliphatic rings. The molecule has 1 fully saturated rings. The van der Waals surface area contributed by atoms with Crippen molar-refractivity contribution in [2.45, 2.75) is 43.9 Å². The number of unbranched alkanes of at least 4 members (excludes halogenated alkanes) is 2. The molecule has 1 atom stereocenters. The molecule has 2 rings (SSSR count). The van der Waals surface area contributed by atoms with Gasteiger partial charge >= 0.3 is 0 Å². The molecule has 0 aromatic heterocycles. The first kappa shape index (κ1) is 19.7. The molecule has 1 saturated heterocycles. The Hall–Kier alpha value is -1.60. The summed E-state index contributed by atoms with van der Waals surface area (Å²) in [6.07, 6.45) is 4.58. The molecule has 0 aliphatic carbocycles. The summed E-state index contributed by atoms with van der Waals surface area (Å²) in [5.41, 5.74) is 0. The molecule has 1 N–H and O–H groups in total. The summed E-state index contributed by atoms with van der Waals surface area (Å²) in [5.74, 6) is 0.302. The summed E-state index contributed by atoms with van der Waals surface area (Å²) in [4.78, 5) is 12.5. The van der Waals surface area contributed by atoms with Gasteiger partial charge in [0.2, 0.25) is 15.9 Å². The van der Waals surface area contributed by atoms with Crippen LogP contribution in [0.2, 0.25) is 0 Å². The number of piperidine rings is 1. The number of methoxy groups -OCH3 is 1. The molecule has 140 valence electrons. The van der Waals surface area contributed by atoms with Crippen molar-refractivity contribution in [3.05, 3.63) is 24.3 Å². The molecule has 0 bridgehead atoms. The normalized spacial score (nSPS) is 18.7. The predicted molar refractivity (Wildman–Crippen MR) is 97.0 cm³/mol. The van der Waals surface area contributed by atoms with Gasteiger partial charge in [0.1, 0.15) is 5.75 Å². The van der Waals surface area contributed by atoms with Crippen molar-refractivity contribution < 1.29 is 17.9 Å². The molecule has 0 spiro atoms. The average Bonchev–Trinajstić information content (AvgIpc) is 2.65. The van der Waals surface area contributed by atoms with E-state index in [1.165, 1.54) is 11.4 Å². The highest BCUT2D eigenvalue weighted by Crippen LogP contribution is 2.25. The fraction of sp³-hybridized carbons (Fsp3) is 0.611. The third-order valence-corrected chi connectivity index (χ3v) is 6.41. The maximum atomic E-state index is 12.8. The van der Waals surface area contributed by atoms with Crippen LogP contribution in [-0.4, -0.2) is 45.4 Å². The van der Waals surface area contributed by atoms with Crippen molar-refractivity contribution in [1.82, 2.24) is 9.62 Å². The van der Waals surface area contributed by atoms with Crippen LogP contribution in [0, 0.1) is 5.92 Å². The van der Waals surface area contributed by atoms with Crippen LogP contribution in [-0.2, 0) is 14.8 Å². The number of hydrogen-bond acceptors (Lipinski definition) is 4. The Morgan fingerprint density at radius 1 is 1.28 bits per heavy atom.